The number of halogens is 1. The molecule has 0 atom stereocenters. The third kappa shape index (κ3) is 2.57. The molecule has 1 aromatic carbocycles. The fourth-order valence-corrected chi connectivity index (χ4v) is 2.14. The predicted octanol–water partition coefficient (Wildman–Crippen LogP) is 2.06. The molecule has 1 aromatic heterocycles. The molecule has 0 fully saturated rings. The van der Waals surface area contributed by atoms with E-state index in [9.17, 15) is 10.1 Å². The van der Waals surface area contributed by atoms with Crippen molar-refractivity contribution in [2.45, 2.75) is 13.1 Å². The van der Waals surface area contributed by atoms with Gasteiger partial charge in [0.1, 0.15) is 4.47 Å². The molecule has 0 aliphatic carbocycles. The lowest BCUT2D eigenvalue weighted by Gasteiger charge is -2.05. The zero-order chi connectivity index (χ0) is 13.1. The Hall–Kier alpha value is -1.73. The van der Waals surface area contributed by atoms with Gasteiger partial charge in [-0.1, -0.05) is 12.1 Å². The van der Waals surface area contributed by atoms with Crippen LogP contribution in [0, 0.1) is 10.1 Å². The summed E-state index contributed by atoms with van der Waals surface area (Å²) in [5.41, 5.74) is 7.28. The van der Waals surface area contributed by atoms with Crippen molar-refractivity contribution in [1.29, 1.82) is 0 Å². The molecule has 6 nitrogen and oxygen atoms in total. The summed E-state index contributed by atoms with van der Waals surface area (Å²) in [5.74, 6) is 0. The molecule has 0 saturated carbocycles. The quantitative estimate of drug-likeness (QED) is 0.691. The Balaban J connectivity index is 2.29. The molecule has 0 aliphatic rings. The van der Waals surface area contributed by atoms with Crippen LogP contribution in [0.3, 0.4) is 0 Å². The number of nitro groups is 1. The van der Waals surface area contributed by atoms with Crippen LogP contribution in [0.1, 0.15) is 11.1 Å². The Bertz CT molecular complexity index is 582. The van der Waals surface area contributed by atoms with E-state index < -0.39 is 4.92 Å². The van der Waals surface area contributed by atoms with Crippen LogP contribution in [0.25, 0.3) is 0 Å². The molecule has 0 bridgehead atoms. The van der Waals surface area contributed by atoms with Crippen molar-refractivity contribution >= 4 is 21.6 Å². The normalized spacial score (nSPS) is 10.6. The number of hydrogen-bond acceptors (Lipinski definition) is 4. The molecule has 0 saturated heterocycles. The summed E-state index contributed by atoms with van der Waals surface area (Å²) in [6, 6.07) is 4.94. The van der Waals surface area contributed by atoms with Gasteiger partial charge in [0.15, 0.2) is 0 Å². The highest BCUT2D eigenvalue weighted by Gasteiger charge is 2.15. The summed E-state index contributed by atoms with van der Waals surface area (Å²) in [4.78, 5) is 10.4. The molecule has 2 aromatic rings. The van der Waals surface area contributed by atoms with Gasteiger partial charge in [-0.15, -0.1) is 0 Å². The Labute approximate surface area is 112 Å². The monoisotopic (exact) mass is 310 g/mol. The van der Waals surface area contributed by atoms with Crippen molar-refractivity contribution in [1.82, 2.24) is 9.78 Å². The number of benzene rings is 1. The molecule has 1 heterocycles. The van der Waals surface area contributed by atoms with Gasteiger partial charge in [-0.3, -0.25) is 14.8 Å². The van der Waals surface area contributed by atoms with Crippen molar-refractivity contribution in [2.24, 2.45) is 5.73 Å². The van der Waals surface area contributed by atoms with E-state index >= 15 is 0 Å². The minimum Gasteiger partial charge on any atom is -0.326 e. The van der Waals surface area contributed by atoms with Crippen molar-refractivity contribution in [3.63, 3.8) is 0 Å². The Kier molecular flexibility index (Phi) is 3.73. The van der Waals surface area contributed by atoms with Crippen LogP contribution >= 0.6 is 15.9 Å². The fourth-order valence-electron chi connectivity index (χ4n) is 1.60. The first-order valence-corrected chi connectivity index (χ1v) is 6.04. The number of nitrogens with zero attached hydrogens (tertiary/aromatic N) is 3. The smallest absolute Gasteiger partial charge is 0.283 e. The van der Waals surface area contributed by atoms with Gasteiger partial charge < -0.3 is 5.73 Å². The average Bonchev–Trinajstić information content (AvgIpc) is 2.79. The highest BCUT2D eigenvalue weighted by atomic mass is 79.9. The lowest BCUT2D eigenvalue weighted by atomic mass is 10.2. The van der Waals surface area contributed by atoms with E-state index in [2.05, 4.69) is 21.0 Å². The van der Waals surface area contributed by atoms with Gasteiger partial charge in [-0.05, 0) is 21.5 Å². The van der Waals surface area contributed by atoms with E-state index in [1.165, 1.54) is 6.07 Å². The first-order chi connectivity index (χ1) is 8.61. The van der Waals surface area contributed by atoms with Crippen LogP contribution in [0.5, 0.6) is 0 Å². The number of hydrogen-bond donors (Lipinski definition) is 1. The van der Waals surface area contributed by atoms with Crippen LogP contribution < -0.4 is 5.73 Å². The molecule has 2 N–H and O–H groups in total. The molecule has 0 unspecified atom stereocenters. The van der Waals surface area contributed by atoms with Crippen molar-refractivity contribution in [3.8, 4) is 0 Å². The predicted molar refractivity (Wildman–Crippen MR) is 70.0 cm³/mol. The highest BCUT2D eigenvalue weighted by molar-refractivity contribution is 9.10. The van der Waals surface area contributed by atoms with E-state index in [-0.39, 0.29) is 5.69 Å². The first-order valence-electron chi connectivity index (χ1n) is 5.25. The summed E-state index contributed by atoms with van der Waals surface area (Å²) in [6.45, 7) is 0.887. The third-order valence-corrected chi connectivity index (χ3v) is 3.43. The summed E-state index contributed by atoms with van der Waals surface area (Å²) < 4.78 is 2.19. The molecule has 0 spiro atoms. The van der Waals surface area contributed by atoms with Gasteiger partial charge in [0.2, 0.25) is 0 Å². The van der Waals surface area contributed by atoms with Crippen LogP contribution in [0.4, 0.5) is 5.69 Å². The minimum absolute atomic E-state index is 0.0544. The first kappa shape index (κ1) is 12.7. The number of nitrogens with two attached hydrogens (primary N) is 1. The molecule has 0 amide bonds. The van der Waals surface area contributed by atoms with Gasteiger partial charge in [-0.25, -0.2) is 0 Å². The number of rotatable bonds is 4. The fraction of sp³-hybridized carbons (Fsp3) is 0.182. The second-order valence-electron chi connectivity index (χ2n) is 3.76. The van der Waals surface area contributed by atoms with Gasteiger partial charge in [0.25, 0.3) is 5.69 Å². The van der Waals surface area contributed by atoms with E-state index in [0.29, 0.717) is 17.6 Å². The topological polar surface area (TPSA) is 87.0 Å². The molecular weight excluding hydrogens is 300 g/mol. The summed E-state index contributed by atoms with van der Waals surface area (Å²) >= 11 is 3.26. The second-order valence-corrected chi connectivity index (χ2v) is 4.55. The maximum atomic E-state index is 10.8. The van der Waals surface area contributed by atoms with Crippen molar-refractivity contribution in [2.75, 3.05) is 0 Å². The largest absolute Gasteiger partial charge is 0.326 e. The molecule has 2 rings (SSSR count). The van der Waals surface area contributed by atoms with E-state index in [1.54, 1.807) is 16.9 Å². The Morgan fingerprint density at radius 3 is 2.89 bits per heavy atom. The van der Waals surface area contributed by atoms with Crippen LogP contribution in [0.2, 0.25) is 0 Å². The van der Waals surface area contributed by atoms with E-state index in [1.807, 2.05) is 12.3 Å². The Morgan fingerprint density at radius 1 is 1.50 bits per heavy atom. The molecule has 7 heteroatoms. The van der Waals surface area contributed by atoms with Crippen LogP contribution in [-0.4, -0.2) is 14.7 Å². The molecule has 94 valence electrons. The molecule has 0 radical (unpaired) electrons. The average molecular weight is 311 g/mol. The minimum atomic E-state index is -0.415. The van der Waals surface area contributed by atoms with Crippen molar-refractivity contribution in [3.05, 3.63) is 56.3 Å². The summed E-state index contributed by atoms with van der Waals surface area (Å²) in [5, 5.41) is 15.0. The third-order valence-electron chi connectivity index (χ3n) is 2.51. The molecule has 0 aliphatic heterocycles. The van der Waals surface area contributed by atoms with Gasteiger partial charge in [0, 0.05) is 24.4 Å². The second kappa shape index (κ2) is 5.28. The molecule has 18 heavy (non-hydrogen) atoms. The van der Waals surface area contributed by atoms with Gasteiger partial charge >= 0.3 is 0 Å². The zero-order valence-electron chi connectivity index (χ0n) is 9.41. The van der Waals surface area contributed by atoms with Crippen LogP contribution in [-0.2, 0) is 13.1 Å². The maximum absolute atomic E-state index is 10.8. The standard InChI is InChI=1S/C11H11BrN4O2/c12-11-9(2-1-3-10(11)16(17)18)7-15-6-8(4-13)5-14-15/h1-3,5-6H,4,7,13H2. The Morgan fingerprint density at radius 2 is 2.28 bits per heavy atom. The maximum Gasteiger partial charge on any atom is 0.283 e. The van der Waals surface area contributed by atoms with Gasteiger partial charge in [-0.2, -0.15) is 5.10 Å². The lowest BCUT2D eigenvalue weighted by molar-refractivity contribution is -0.385. The SMILES string of the molecule is NCc1cnn(Cc2cccc([N+](=O)[O-])c2Br)c1. The summed E-state index contributed by atoms with van der Waals surface area (Å²) in [7, 11) is 0. The lowest BCUT2D eigenvalue weighted by Crippen LogP contribution is -2.02. The van der Waals surface area contributed by atoms with E-state index in [4.69, 9.17) is 5.73 Å². The van der Waals surface area contributed by atoms with Crippen LogP contribution in [0.15, 0.2) is 35.1 Å². The van der Waals surface area contributed by atoms with E-state index in [0.717, 1.165) is 11.1 Å². The van der Waals surface area contributed by atoms with Gasteiger partial charge in [0.05, 0.1) is 17.7 Å². The number of nitro benzene ring substituents is 1. The van der Waals surface area contributed by atoms with Crippen molar-refractivity contribution < 1.29 is 4.92 Å². The highest BCUT2D eigenvalue weighted by Crippen LogP contribution is 2.28. The summed E-state index contributed by atoms with van der Waals surface area (Å²) in [6.07, 6.45) is 3.51. The zero-order valence-corrected chi connectivity index (χ0v) is 11.0. The molecular formula is C11H11BrN4O2. The number of aromatic nitrogens is 2.